The van der Waals surface area contributed by atoms with Crippen LogP contribution in [0.5, 0.6) is 11.5 Å². The van der Waals surface area contributed by atoms with E-state index in [1.54, 1.807) is 36.0 Å². The van der Waals surface area contributed by atoms with Crippen LogP contribution in [-0.4, -0.2) is 36.3 Å². The van der Waals surface area contributed by atoms with E-state index >= 15 is 0 Å². The molecule has 0 bridgehead atoms. The third kappa shape index (κ3) is 10.3. The fraction of sp³-hybridized carbons (Fsp3) is 0.538. The largest absolute Gasteiger partial charge is 0.508 e. The highest BCUT2D eigenvalue weighted by atomic mass is 32.2. The van der Waals surface area contributed by atoms with Gasteiger partial charge in [0.25, 0.3) is 0 Å². The maximum absolute atomic E-state index is 8.93. The highest BCUT2D eigenvalue weighted by molar-refractivity contribution is 7.99. The first-order chi connectivity index (χ1) is 8.74. The lowest BCUT2D eigenvalue weighted by atomic mass is 10.3. The molecular formula is C13H24N2O2S. The minimum Gasteiger partial charge on any atom is -0.508 e. The van der Waals surface area contributed by atoms with Crippen molar-refractivity contribution in [2.45, 2.75) is 13.3 Å². The molecule has 4 nitrogen and oxygen atoms in total. The molecular weight excluding hydrogens is 248 g/mol. The molecule has 0 fully saturated rings. The monoisotopic (exact) mass is 272 g/mol. The highest BCUT2D eigenvalue weighted by Gasteiger charge is 1.91. The van der Waals surface area contributed by atoms with Gasteiger partial charge < -0.3 is 21.3 Å². The summed E-state index contributed by atoms with van der Waals surface area (Å²) in [5.41, 5.74) is 10.4. The van der Waals surface area contributed by atoms with E-state index in [4.69, 9.17) is 21.3 Å². The second-order valence-corrected chi connectivity index (χ2v) is 4.76. The molecule has 1 rings (SSSR count). The van der Waals surface area contributed by atoms with Crippen LogP contribution in [0, 0.1) is 0 Å². The Morgan fingerprint density at radius 1 is 1.11 bits per heavy atom. The van der Waals surface area contributed by atoms with Crippen molar-refractivity contribution in [2.75, 3.05) is 31.2 Å². The van der Waals surface area contributed by atoms with E-state index in [2.05, 4.69) is 6.92 Å². The third-order valence-corrected chi connectivity index (χ3v) is 2.88. The van der Waals surface area contributed by atoms with Crippen molar-refractivity contribution in [1.82, 2.24) is 0 Å². The Hall–Kier alpha value is -0.910. The molecule has 1 aromatic rings. The molecule has 0 atom stereocenters. The number of hydrogen-bond donors (Lipinski definition) is 3. The second-order valence-electron chi connectivity index (χ2n) is 3.53. The van der Waals surface area contributed by atoms with Gasteiger partial charge >= 0.3 is 0 Å². The lowest BCUT2D eigenvalue weighted by Crippen LogP contribution is -2.06. The molecule has 0 heterocycles. The molecule has 18 heavy (non-hydrogen) atoms. The summed E-state index contributed by atoms with van der Waals surface area (Å²) in [7, 11) is 0. The number of benzene rings is 1. The zero-order valence-corrected chi connectivity index (χ0v) is 11.8. The molecule has 0 unspecified atom stereocenters. The summed E-state index contributed by atoms with van der Waals surface area (Å²) in [4.78, 5) is 0. The minimum atomic E-state index is 0.272. The summed E-state index contributed by atoms with van der Waals surface area (Å²) >= 11 is 1.80. The maximum Gasteiger partial charge on any atom is 0.119 e. The first kappa shape index (κ1) is 17.1. The number of ether oxygens (including phenoxy) is 1. The summed E-state index contributed by atoms with van der Waals surface area (Å²) in [6.45, 7) is 4.32. The predicted octanol–water partition coefficient (Wildman–Crippen LogP) is 1.82. The first-order valence-corrected chi connectivity index (χ1v) is 7.29. The van der Waals surface area contributed by atoms with Gasteiger partial charge in [0.15, 0.2) is 0 Å². The third-order valence-electron chi connectivity index (χ3n) is 1.83. The molecule has 0 aliphatic rings. The zero-order chi connectivity index (χ0) is 13.6. The Kier molecular flexibility index (Phi) is 11.9. The fourth-order valence-corrected chi connectivity index (χ4v) is 1.57. The Balaban J connectivity index is 0.000000360. The van der Waals surface area contributed by atoms with Crippen LogP contribution >= 0.6 is 11.8 Å². The normalized spacial score (nSPS) is 9.50. The van der Waals surface area contributed by atoms with Crippen molar-refractivity contribution in [3.8, 4) is 11.5 Å². The first-order valence-electron chi connectivity index (χ1n) is 6.14. The van der Waals surface area contributed by atoms with E-state index in [1.807, 2.05) is 0 Å². The summed E-state index contributed by atoms with van der Waals surface area (Å²) in [5.74, 6) is 3.16. The zero-order valence-electron chi connectivity index (χ0n) is 11.0. The van der Waals surface area contributed by atoms with Crippen molar-refractivity contribution in [3.63, 3.8) is 0 Å². The van der Waals surface area contributed by atoms with Gasteiger partial charge in [-0.1, -0.05) is 6.92 Å². The molecule has 1 aromatic carbocycles. The minimum absolute atomic E-state index is 0.272. The van der Waals surface area contributed by atoms with Gasteiger partial charge in [0.05, 0.1) is 6.61 Å². The number of phenols is 1. The molecule has 104 valence electrons. The summed E-state index contributed by atoms with van der Waals surface area (Å²) in [6.07, 6.45) is 1.00. The van der Waals surface area contributed by atoms with Gasteiger partial charge in [-0.25, -0.2) is 0 Å². The van der Waals surface area contributed by atoms with Crippen LogP contribution in [0.2, 0.25) is 0 Å². The van der Waals surface area contributed by atoms with E-state index in [0.29, 0.717) is 0 Å². The average molecular weight is 272 g/mol. The van der Waals surface area contributed by atoms with Gasteiger partial charge in [0.1, 0.15) is 11.5 Å². The van der Waals surface area contributed by atoms with Gasteiger partial charge in [-0.2, -0.15) is 11.8 Å². The Labute approximate surface area is 114 Å². The smallest absolute Gasteiger partial charge is 0.119 e. The van der Waals surface area contributed by atoms with Gasteiger partial charge in [-0.3, -0.25) is 0 Å². The molecule has 5 N–H and O–H groups in total. The highest BCUT2D eigenvalue weighted by Crippen LogP contribution is 2.15. The maximum atomic E-state index is 8.93. The Morgan fingerprint density at radius 3 is 2.11 bits per heavy atom. The molecule has 0 spiro atoms. The van der Waals surface area contributed by atoms with Crippen LogP contribution in [0.1, 0.15) is 13.3 Å². The van der Waals surface area contributed by atoms with E-state index in [-0.39, 0.29) is 5.75 Å². The number of hydrogen-bond acceptors (Lipinski definition) is 5. The van der Waals surface area contributed by atoms with E-state index < -0.39 is 0 Å². The molecule has 0 amide bonds. The topological polar surface area (TPSA) is 81.5 Å². The standard InChI is InChI=1S/C9H12O2.C4H12N2S/c1-2-7-11-9-5-3-8(10)4-6-9;5-1-3-7-4-2-6/h3-6,10H,2,7H2,1H3;1-6H2. The van der Waals surface area contributed by atoms with Crippen molar-refractivity contribution < 1.29 is 9.84 Å². The second kappa shape index (κ2) is 12.5. The van der Waals surface area contributed by atoms with Crippen LogP contribution in [0.25, 0.3) is 0 Å². The molecule has 0 saturated heterocycles. The lowest BCUT2D eigenvalue weighted by Gasteiger charge is -2.02. The molecule has 0 radical (unpaired) electrons. The van der Waals surface area contributed by atoms with Crippen LogP contribution in [-0.2, 0) is 0 Å². The van der Waals surface area contributed by atoms with E-state index in [0.717, 1.165) is 43.4 Å². The van der Waals surface area contributed by atoms with Crippen LogP contribution in [0.4, 0.5) is 0 Å². The summed E-state index contributed by atoms with van der Waals surface area (Å²) in [6, 6.07) is 6.74. The quantitative estimate of drug-likeness (QED) is 0.660. The predicted molar refractivity (Wildman–Crippen MR) is 79.3 cm³/mol. The average Bonchev–Trinajstić information content (AvgIpc) is 2.40. The molecule has 0 aliphatic carbocycles. The Bertz CT molecular complexity index is 277. The van der Waals surface area contributed by atoms with Crippen molar-refractivity contribution >= 4 is 11.8 Å². The van der Waals surface area contributed by atoms with Gasteiger partial charge in [0, 0.05) is 24.6 Å². The molecule has 0 aliphatic heterocycles. The van der Waals surface area contributed by atoms with Crippen LogP contribution in [0.15, 0.2) is 24.3 Å². The number of thioether (sulfide) groups is 1. The van der Waals surface area contributed by atoms with E-state index in [9.17, 15) is 0 Å². The summed E-state index contributed by atoms with van der Waals surface area (Å²) in [5, 5.41) is 8.93. The van der Waals surface area contributed by atoms with Gasteiger partial charge in [-0.05, 0) is 30.7 Å². The van der Waals surface area contributed by atoms with Gasteiger partial charge in [-0.15, -0.1) is 0 Å². The Morgan fingerprint density at radius 2 is 1.67 bits per heavy atom. The van der Waals surface area contributed by atoms with Crippen LogP contribution in [0.3, 0.4) is 0 Å². The summed E-state index contributed by atoms with van der Waals surface area (Å²) < 4.78 is 5.30. The van der Waals surface area contributed by atoms with Crippen molar-refractivity contribution in [3.05, 3.63) is 24.3 Å². The number of aromatic hydroxyl groups is 1. The number of rotatable bonds is 7. The number of phenolic OH excluding ortho intramolecular Hbond substituents is 1. The SMILES string of the molecule is CCCOc1ccc(O)cc1.NCCSCCN. The fourth-order valence-electron chi connectivity index (χ4n) is 1.03. The van der Waals surface area contributed by atoms with Crippen molar-refractivity contribution in [1.29, 1.82) is 0 Å². The van der Waals surface area contributed by atoms with Crippen molar-refractivity contribution in [2.24, 2.45) is 11.5 Å². The molecule has 0 saturated carbocycles. The number of nitrogens with two attached hydrogens (primary N) is 2. The lowest BCUT2D eigenvalue weighted by molar-refractivity contribution is 0.317. The molecule has 5 heteroatoms. The van der Waals surface area contributed by atoms with E-state index in [1.165, 1.54) is 0 Å². The van der Waals surface area contributed by atoms with Crippen LogP contribution < -0.4 is 16.2 Å². The molecule has 0 aromatic heterocycles. The van der Waals surface area contributed by atoms with Gasteiger partial charge in [0.2, 0.25) is 0 Å².